The third-order valence-corrected chi connectivity index (χ3v) is 3.44. The highest BCUT2D eigenvalue weighted by Gasteiger charge is 2.22. The van der Waals surface area contributed by atoms with Gasteiger partial charge in [-0.1, -0.05) is 12.2 Å². The Kier molecular flexibility index (Phi) is 2.75. The van der Waals surface area contributed by atoms with Gasteiger partial charge < -0.3 is 14.5 Å². The van der Waals surface area contributed by atoms with Gasteiger partial charge in [0.05, 0.1) is 13.2 Å². The van der Waals surface area contributed by atoms with Gasteiger partial charge in [0, 0.05) is 24.3 Å². The summed E-state index contributed by atoms with van der Waals surface area (Å²) in [5.74, 6) is 0.892. The van der Waals surface area contributed by atoms with E-state index in [-0.39, 0.29) is 6.10 Å². The Hall–Kier alpha value is -0.780. The van der Waals surface area contributed by atoms with Crippen LogP contribution in [0.15, 0.2) is 0 Å². The lowest BCUT2D eigenvalue weighted by molar-refractivity contribution is 0.0982. The summed E-state index contributed by atoms with van der Waals surface area (Å²) in [5, 5.41) is 0. The molecule has 0 saturated carbocycles. The van der Waals surface area contributed by atoms with Gasteiger partial charge in [-0.2, -0.15) is 0 Å². The maximum Gasteiger partial charge on any atom is 0.137 e. The number of aromatic nitrogens is 2. The van der Waals surface area contributed by atoms with E-state index in [1.807, 2.05) is 0 Å². The molecule has 3 heterocycles. The molecule has 2 aliphatic heterocycles. The first-order valence-electron chi connectivity index (χ1n) is 5.66. The molecular formula is C11H14N2O2S. The standard InChI is InChI=1S/C11H14N2O2S/c16-11-7-6-14-5-3-8(7)12-10(13-11)9-2-1-4-15-9/h9H,1-6H2,(H,12,13,16). The summed E-state index contributed by atoms with van der Waals surface area (Å²) in [7, 11) is 0. The second kappa shape index (κ2) is 4.24. The van der Waals surface area contributed by atoms with Crippen LogP contribution in [-0.4, -0.2) is 23.2 Å². The van der Waals surface area contributed by atoms with Crippen molar-refractivity contribution in [2.75, 3.05) is 13.2 Å². The quantitative estimate of drug-likeness (QED) is 0.761. The van der Waals surface area contributed by atoms with Crippen LogP contribution >= 0.6 is 12.2 Å². The van der Waals surface area contributed by atoms with Crippen LogP contribution in [0.1, 0.15) is 36.0 Å². The van der Waals surface area contributed by atoms with Gasteiger partial charge in [0.25, 0.3) is 0 Å². The summed E-state index contributed by atoms with van der Waals surface area (Å²) in [6, 6.07) is 0. The highest BCUT2D eigenvalue weighted by molar-refractivity contribution is 7.71. The Morgan fingerprint density at radius 1 is 1.38 bits per heavy atom. The lowest BCUT2D eigenvalue weighted by Gasteiger charge is -2.18. The minimum Gasteiger partial charge on any atom is -0.376 e. The smallest absolute Gasteiger partial charge is 0.137 e. The van der Waals surface area contributed by atoms with Gasteiger partial charge in [0.2, 0.25) is 0 Å². The first-order chi connectivity index (χ1) is 7.84. The van der Waals surface area contributed by atoms with E-state index in [2.05, 4.69) is 9.97 Å². The molecule has 1 fully saturated rings. The van der Waals surface area contributed by atoms with Crippen molar-refractivity contribution >= 4 is 12.2 Å². The fraction of sp³-hybridized carbons (Fsp3) is 0.636. The molecule has 0 aromatic carbocycles. The predicted octanol–water partition coefficient (Wildman–Crippen LogP) is 2.06. The molecule has 1 unspecified atom stereocenters. The van der Waals surface area contributed by atoms with Gasteiger partial charge in [0.1, 0.15) is 16.6 Å². The highest BCUT2D eigenvalue weighted by atomic mass is 32.1. The van der Waals surface area contributed by atoms with Crippen LogP contribution in [0.5, 0.6) is 0 Å². The van der Waals surface area contributed by atoms with Gasteiger partial charge in [-0.15, -0.1) is 0 Å². The van der Waals surface area contributed by atoms with Crippen LogP contribution in [0.3, 0.4) is 0 Å². The molecule has 0 bridgehead atoms. The number of nitrogens with one attached hydrogen (secondary N) is 1. The molecule has 2 aliphatic rings. The summed E-state index contributed by atoms with van der Waals surface area (Å²) >= 11 is 5.30. The van der Waals surface area contributed by atoms with Crippen molar-refractivity contribution in [1.82, 2.24) is 9.97 Å². The third kappa shape index (κ3) is 1.79. The number of H-pyrrole nitrogens is 1. The van der Waals surface area contributed by atoms with Crippen molar-refractivity contribution in [3.05, 3.63) is 21.7 Å². The van der Waals surface area contributed by atoms with Crippen molar-refractivity contribution in [2.24, 2.45) is 0 Å². The molecule has 86 valence electrons. The number of fused-ring (bicyclic) bond motifs is 1. The van der Waals surface area contributed by atoms with E-state index >= 15 is 0 Å². The molecule has 16 heavy (non-hydrogen) atoms. The molecule has 0 amide bonds. The average Bonchev–Trinajstić information content (AvgIpc) is 2.82. The van der Waals surface area contributed by atoms with Crippen molar-refractivity contribution in [3.8, 4) is 0 Å². The minimum atomic E-state index is 0.106. The molecule has 1 N–H and O–H groups in total. The Balaban J connectivity index is 2.01. The van der Waals surface area contributed by atoms with Crippen LogP contribution in [-0.2, 0) is 22.5 Å². The predicted molar refractivity (Wildman–Crippen MR) is 60.7 cm³/mol. The first kappa shape index (κ1) is 10.4. The Morgan fingerprint density at radius 2 is 2.31 bits per heavy atom. The van der Waals surface area contributed by atoms with Gasteiger partial charge in [-0.25, -0.2) is 4.98 Å². The summed E-state index contributed by atoms with van der Waals surface area (Å²) in [5.41, 5.74) is 2.22. The normalized spacial score (nSPS) is 24.4. The van der Waals surface area contributed by atoms with E-state index in [1.165, 1.54) is 5.69 Å². The largest absolute Gasteiger partial charge is 0.376 e. The van der Waals surface area contributed by atoms with Crippen LogP contribution in [0.25, 0.3) is 0 Å². The fourth-order valence-corrected chi connectivity index (χ4v) is 2.50. The third-order valence-electron chi connectivity index (χ3n) is 3.10. The van der Waals surface area contributed by atoms with E-state index in [9.17, 15) is 0 Å². The van der Waals surface area contributed by atoms with E-state index in [4.69, 9.17) is 21.7 Å². The fourth-order valence-electron chi connectivity index (χ4n) is 2.22. The maximum absolute atomic E-state index is 5.61. The van der Waals surface area contributed by atoms with Gasteiger partial charge >= 0.3 is 0 Å². The average molecular weight is 238 g/mol. The van der Waals surface area contributed by atoms with Crippen molar-refractivity contribution in [3.63, 3.8) is 0 Å². The lowest BCUT2D eigenvalue weighted by atomic mass is 10.1. The maximum atomic E-state index is 5.61. The van der Waals surface area contributed by atoms with Gasteiger partial charge in [-0.05, 0) is 12.8 Å². The van der Waals surface area contributed by atoms with Crippen LogP contribution in [0, 0.1) is 4.64 Å². The number of aromatic amines is 1. The van der Waals surface area contributed by atoms with Crippen LogP contribution in [0.2, 0.25) is 0 Å². The van der Waals surface area contributed by atoms with E-state index in [1.54, 1.807) is 0 Å². The molecular weight excluding hydrogens is 224 g/mol. The number of nitrogens with zero attached hydrogens (tertiary/aromatic N) is 1. The molecule has 1 aromatic rings. The second-order valence-corrected chi connectivity index (χ2v) is 4.58. The first-order valence-corrected chi connectivity index (χ1v) is 6.07. The lowest BCUT2D eigenvalue weighted by Crippen LogP contribution is -2.16. The number of hydrogen-bond donors (Lipinski definition) is 1. The zero-order valence-corrected chi connectivity index (χ0v) is 9.81. The van der Waals surface area contributed by atoms with E-state index in [0.717, 1.165) is 43.9 Å². The SMILES string of the molecule is S=c1nc(C2CCCO2)[nH]c2c1COCC2. The zero-order chi connectivity index (χ0) is 11.0. The zero-order valence-electron chi connectivity index (χ0n) is 8.99. The Bertz CT molecular complexity index is 452. The monoisotopic (exact) mass is 238 g/mol. The van der Waals surface area contributed by atoms with Gasteiger partial charge in [0.15, 0.2) is 0 Å². The molecule has 0 spiro atoms. The molecule has 0 radical (unpaired) electrons. The highest BCUT2D eigenvalue weighted by Crippen LogP contribution is 2.27. The molecule has 4 nitrogen and oxygen atoms in total. The number of rotatable bonds is 1. The van der Waals surface area contributed by atoms with Crippen molar-refractivity contribution in [1.29, 1.82) is 0 Å². The van der Waals surface area contributed by atoms with E-state index in [0.29, 0.717) is 11.2 Å². The van der Waals surface area contributed by atoms with Crippen LogP contribution < -0.4 is 0 Å². The molecule has 1 saturated heterocycles. The summed E-state index contributed by atoms with van der Waals surface area (Å²) < 4.78 is 11.7. The summed E-state index contributed by atoms with van der Waals surface area (Å²) in [4.78, 5) is 7.79. The summed E-state index contributed by atoms with van der Waals surface area (Å²) in [6.07, 6.45) is 3.14. The molecule has 5 heteroatoms. The molecule has 0 aliphatic carbocycles. The minimum absolute atomic E-state index is 0.106. The van der Waals surface area contributed by atoms with E-state index < -0.39 is 0 Å². The molecule has 3 rings (SSSR count). The van der Waals surface area contributed by atoms with Crippen molar-refractivity contribution < 1.29 is 9.47 Å². The Morgan fingerprint density at radius 3 is 3.12 bits per heavy atom. The molecule has 1 aromatic heterocycles. The second-order valence-electron chi connectivity index (χ2n) is 4.19. The summed E-state index contributed by atoms with van der Waals surface area (Å²) in [6.45, 7) is 2.17. The molecule has 1 atom stereocenters. The van der Waals surface area contributed by atoms with Crippen molar-refractivity contribution in [2.45, 2.75) is 32.0 Å². The topological polar surface area (TPSA) is 47.1 Å². The van der Waals surface area contributed by atoms with Crippen LogP contribution in [0.4, 0.5) is 0 Å². The number of hydrogen-bond acceptors (Lipinski definition) is 4. The Labute approximate surface area is 99.0 Å². The van der Waals surface area contributed by atoms with Gasteiger partial charge in [-0.3, -0.25) is 0 Å². The number of ether oxygens (including phenoxy) is 2.